The van der Waals surface area contributed by atoms with Gasteiger partial charge in [0.2, 0.25) is 0 Å². The Bertz CT molecular complexity index is 782. The number of ether oxygens (including phenoxy) is 2. The molecule has 2 aromatic rings. The number of hydrogen-bond acceptors (Lipinski definition) is 4. The van der Waals surface area contributed by atoms with Gasteiger partial charge in [-0.25, -0.2) is 4.79 Å². The molecule has 0 amide bonds. The van der Waals surface area contributed by atoms with Gasteiger partial charge in [0.25, 0.3) is 0 Å². The monoisotopic (exact) mass is 342 g/mol. The fourth-order valence-corrected chi connectivity index (χ4v) is 4.29. The summed E-state index contributed by atoms with van der Waals surface area (Å²) in [6, 6.07) is 5.81. The molecule has 1 aromatic heterocycles. The van der Waals surface area contributed by atoms with Crippen molar-refractivity contribution in [3.63, 3.8) is 0 Å². The number of aryl methyl sites for hydroxylation is 1. The van der Waals surface area contributed by atoms with Crippen LogP contribution in [-0.4, -0.2) is 36.5 Å². The quantitative estimate of drug-likeness (QED) is 0.920. The zero-order chi connectivity index (χ0) is 17.4. The fraction of sp³-hybridized carbons (Fsp3) is 0.550. The zero-order valence-corrected chi connectivity index (χ0v) is 15.0. The smallest absolute Gasteiger partial charge is 0.418 e. The van der Waals surface area contributed by atoms with E-state index in [2.05, 4.69) is 5.32 Å². The van der Waals surface area contributed by atoms with Crippen molar-refractivity contribution in [3.05, 3.63) is 30.0 Å². The van der Waals surface area contributed by atoms with Crippen molar-refractivity contribution in [2.45, 2.75) is 44.6 Å². The molecule has 2 heterocycles. The fourth-order valence-electron chi connectivity index (χ4n) is 4.29. The molecule has 1 saturated heterocycles. The molecule has 4 rings (SSSR count). The minimum atomic E-state index is -0.287. The maximum atomic E-state index is 12.6. The Balaban J connectivity index is 1.41. The minimum absolute atomic E-state index is 0.287. The van der Waals surface area contributed by atoms with Gasteiger partial charge < -0.3 is 14.8 Å². The Morgan fingerprint density at radius 2 is 2.08 bits per heavy atom. The molecule has 1 aliphatic heterocycles. The highest BCUT2D eigenvalue weighted by molar-refractivity contribution is 5.92. The molecule has 0 bridgehead atoms. The van der Waals surface area contributed by atoms with Gasteiger partial charge in [0.05, 0.1) is 19.2 Å². The van der Waals surface area contributed by atoms with E-state index in [1.807, 2.05) is 25.1 Å². The summed E-state index contributed by atoms with van der Waals surface area (Å²) in [4.78, 5) is 12.6. The number of aromatic nitrogens is 1. The van der Waals surface area contributed by atoms with E-state index in [0.717, 1.165) is 41.6 Å². The van der Waals surface area contributed by atoms with Gasteiger partial charge in [0, 0.05) is 17.1 Å². The van der Waals surface area contributed by atoms with E-state index in [0.29, 0.717) is 18.1 Å². The minimum Gasteiger partial charge on any atom is -0.497 e. The molecule has 1 saturated carbocycles. The molecular weight excluding hydrogens is 316 g/mol. The van der Waals surface area contributed by atoms with E-state index in [1.165, 1.54) is 19.3 Å². The predicted molar refractivity (Wildman–Crippen MR) is 97.3 cm³/mol. The van der Waals surface area contributed by atoms with Crippen molar-refractivity contribution in [3.8, 4) is 5.75 Å². The second kappa shape index (κ2) is 6.37. The lowest BCUT2D eigenvalue weighted by molar-refractivity contribution is 0.0752. The molecule has 2 fully saturated rings. The Hall–Kier alpha value is -2.01. The third-order valence-electron chi connectivity index (χ3n) is 5.99. The first kappa shape index (κ1) is 16.5. The Kier molecular flexibility index (Phi) is 4.20. The van der Waals surface area contributed by atoms with Gasteiger partial charge in [-0.2, -0.15) is 0 Å². The number of carbonyl (C=O) groups excluding carboxylic acids is 1. The van der Waals surface area contributed by atoms with Crippen LogP contribution in [0.5, 0.6) is 5.75 Å². The van der Waals surface area contributed by atoms with Crippen molar-refractivity contribution in [1.82, 2.24) is 9.88 Å². The molecule has 5 nitrogen and oxygen atoms in total. The molecule has 1 spiro atoms. The Morgan fingerprint density at radius 3 is 2.72 bits per heavy atom. The number of nitrogens with zero attached hydrogens (tertiary/aromatic N) is 1. The van der Waals surface area contributed by atoms with Gasteiger partial charge in [-0.05, 0) is 75.3 Å². The first-order valence-electron chi connectivity index (χ1n) is 9.18. The molecule has 1 aliphatic carbocycles. The second-order valence-corrected chi connectivity index (χ2v) is 7.55. The molecule has 2 aliphatic rings. The number of carbonyl (C=O) groups is 1. The molecule has 0 radical (unpaired) electrons. The van der Waals surface area contributed by atoms with Crippen LogP contribution in [0.1, 0.15) is 37.7 Å². The number of fused-ring (bicyclic) bond motifs is 1. The Morgan fingerprint density at radius 1 is 1.32 bits per heavy atom. The van der Waals surface area contributed by atoms with Gasteiger partial charge in [0.15, 0.2) is 0 Å². The van der Waals surface area contributed by atoms with Gasteiger partial charge in [-0.1, -0.05) is 0 Å². The van der Waals surface area contributed by atoms with Crippen LogP contribution in [0, 0.1) is 12.8 Å². The average Bonchev–Trinajstić information content (AvgIpc) is 3.03. The number of nitrogens with one attached hydrogen (secondary N) is 1. The highest BCUT2D eigenvalue weighted by Gasteiger charge is 2.39. The number of hydrogen-bond donors (Lipinski definition) is 1. The van der Waals surface area contributed by atoms with Gasteiger partial charge in [-0.15, -0.1) is 0 Å². The van der Waals surface area contributed by atoms with Crippen LogP contribution in [0.15, 0.2) is 24.4 Å². The third-order valence-corrected chi connectivity index (χ3v) is 5.99. The molecule has 0 atom stereocenters. The first-order chi connectivity index (χ1) is 12.1. The SMILES string of the molecule is COc1cc(C)c2c(ccn2C(=O)OCC2CCC3(CCN3)CC2)c1. The van der Waals surface area contributed by atoms with E-state index < -0.39 is 0 Å². The van der Waals surface area contributed by atoms with Crippen LogP contribution in [0.3, 0.4) is 0 Å². The van der Waals surface area contributed by atoms with Crippen LogP contribution >= 0.6 is 0 Å². The summed E-state index contributed by atoms with van der Waals surface area (Å²) in [5.74, 6) is 1.29. The van der Waals surface area contributed by atoms with Crippen molar-refractivity contribution in [2.75, 3.05) is 20.3 Å². The molecule has 0 unspecified atom stereocenters. The van der Waals surface area contributed by atoms with E-state index in [9.17, 15) is 4.79 Å². The van der Waals surface area contributed by atoms with Crippen LogP contribution < -0.4 is 10.1 Å². The summed E-state index contributed by atoms with van der Waals surface area (Å²) >= 11 is 0. The van der Waals surface area contributed by atoms with Crippen molar-refractivity contribution >= 4 is 17.0 Å². The third kappa shape index (κ3) is 3.01. The zero-order valence-electron chi connectivity index (χ0n) is 15.0. The highest BCUT2D eigenvalue weighted by Crippen LogP contribution is 2.38. The maximum absolute atomic E-state index is 12.6. The van der Waals surface area contributed by atoms with Crippen LogP contribution in [0.2, 0.25) is 0 Å². The summed E-state index contributed by atoms with van der Waals surface area (Å²) in [6.07, 6.45) is 7.50. The topological polar surface area (TPSA) is 52.5 Å². The normalized spacial score (nSPS) is 25.8. The summed E-state index contributed by atoms with van der Waals surface area (Å²) < 4.78 is 12.6. The van der Waals surface area contributed by atoms with Crippen LogP contribution in [0.25, 0.3) is 10.9 Å². The van der Waals surface area contributed by atoms with E-state index in [1.54, 1.807) is 17.9 Å². The summed E-state index contributed by atoms with van der Waals surface area (Å²) in [5.41, 5.74) is 2.31. The first-order valence-corrected chi connectivity index (χ1v) is 9.18. The van der Waals surface area contributed by atoms with Crippen LogP contribution in [-0.2, 0) is 4.74 Å². The van der Waals surface area contributed by atoms with E-state index in [-0.39, 0.29) is 6.09 Å². The van der Waals surface area contributed by atoms with Gasteiger partial charge >= 0.3 is 6.09 Å². The van der Waals surface area contributed by atoms with Gasteiger partial charge in [-0.3, -0.25) is 4.57 Å². The van der Waals surface area contributed by atoms with Crippen LogP contribution in [0.4, 0.5) is 4.79 Å². The van der Waals surface area contributed by atoms with E-state index >= 15 is 0 Å². The lowest BCUT2D eigenvalue weighted by Gasteiger charge is -2.48. The van der Waals surface area contributed by atoms with Gasteiger partial charge in [0.1, 0.15) is 5.75 Å². The van der Waals surface area contributed by atoms with E-state index in [4.69, 9.17) is 9.47 Å². The lowest BCUT2D eigenvalue weighted by Crippen LogP contribution is -2.58. The molecule has 5 heteroatoms. The molecule has 1 N–H and O–H groups in total. The van der Waals surface area contributed by atoms with Crippen molar-refractivity contribution < 1.29 is 14.3 Å². The number of rotatable bonds is 3. The summed E-state index contributed by atoms with van der Waals surface area (Å²) in [6.45, 7) is 3.66. The molecular formula is C20H26N2O3. The second-order valence-electron chi connectivity index (χ2n) is 7.55. The lowest BCUT2D eigenvalue weighted by atomic mass is 9.71. The largest absolute Gasteiger partial charge is 0.497 e. The number of methoxy groups -OCH3 is 1. The maximum Gasteiger partial charge on any atom is 0.418 e. The molecule has 1 aromatic carbocycles. The number of benzene rings is 1. The molecule has 134 valence electrons. The Labute approximate surface area is 148 Å². The van der Waals surface area contributed by atoms with Crippen molar-refractivity contribution in [1.29, 1.82) is 0 Å². The average molecular weight is 342 g/mol. The standard InChI is InChI=1S/C20H26N2O3/c1-14-11-17(24-2)12-16-5-10-22(18(14)16)19(23)25-13-15-3-6-20(7-4-15)8-9-21-20/h5,10-12,15,21H,3-4,6-9,13H2,1-2H3. The highest BCUT2D eigenvalue weighted by atomic mass is 16.5. The summed E-state index contributed by atoms with van der Waals surface area (Å²) in [5, 5.41) is 4.57. The van der Waals surface area contributed by atoms with Crippen molar-refractivity contribution in [2.24, 2.45) is 5.92 Å². The summed E-state index contributed by atoms with van der Waals surface area (Å²) in [7, 11) is 1.65. The predicted octanol–water partition coefficient (Wildman–Crippen LogP) is 3.87. The molecule has 25 heavy (non-hydrogen) atoms.